The average molecular weight is 424 g/mol. The molecular weight excluding hydrogens is 396 g/mol. The van der Waals surface area contributed by atoms with E-state index in [9.17, 15) is 14.4 Å². The van der Waals surface area contributed by atoms with Gasteiger partial charge in [0.2, 0.25) is 0 Å². The first-order valence-corrected chi connectivity index (χ1v) is 10.3. The number of ether oxygens (including phenoxy) is 2. The summed E-state index contributed by atoms with van der Waals surface area (Å²) in [6.45, 7) is 5.36. The number of likely N-dealkylation sites (tertiary alicyclic amines) is 1. The van der Waals surface area contributed by atoms with E-state index in [0.717, 1.165) is 31.1 Å². The fourth-order valence-corrected chi connectivity index (χ4v) is 3.61. The highest BCUT2D eigenvalue weighted by Gasteiger charge is 2.17. The van der Waals surface area contributed by atoms with Crippen molar-refractivity contribution in [3.05, 3.63) is 64.7 Å². The summed E-state index contributed by atoms with van der Waals surface area (Å²) < 4.78 is 9.45. The lowest BCUT2D eigenvalue weighted by molar-refractivity contribution is 0.0599. The number of nitrogens with one attached hydrogen (secondary N) is 1. The molecule has 0 saturated carbocycles. The largest absolute Gasteiger partial charge is 0.465 e. The van der Waals surface area contributed by atoms with Gasteiger partial charge in [0.1, 0.15) is 0 Å². The topological polar surface area (TPSA) is 84.9 Å². The number of hydrogen-bond donors (Lipinski definition) is 1. The quantitative estimate of drug-likeness (QED) is 0.711. The van der Waals surface area contributed by atoms with Gasteiger partial charge in [-0.25, -0.2) is 9.59 Å². The van der Waals surface area contributed by atoms with Crippen molar-refractivity contribution in [2.75, 3.05) is 32.6 Å². The molecule has 1 heterocycles. The molecule has 0 radical (unpaired) electrons. The van der Waals surface area contributed by atoms with Crippen LogP contribution in [0.4, 0.5) is 5.69 Å². The fourth-order valence-electron chi connectivity index (χ4n) is 3.61. The first-order valence-electron chi connectivity index (χ1n) is 10.3. The monoisotopic (exact) mass is 424 g/mol. The Balaban J connectivity index is 1.70. The minimum Gasteiger partial charge on any atom is -0.465 e. The third-order valence-corrected chi connectivity index (χ3v) is 5.53. The van der Waals surface area contributed by atoms with Gasteiger partial charge in [0.25, 0.3) is 5.91 Å². The highest BCUT2D eigenvalue weighted by Crippen LogP contribution is 2.20. The van der Waals surface area contributed by atoms with Crippen LogP contribution in [0.25, 0.3) is 0 Å². The van der Waals surface area contributed by atoms with Gasteiger partial charge in [-0.15, -0.1) is 0 Å². The van der Waals surface area contributed by atoms with Crippen LogP contribution in [0, 0.1) is 5.92 Å². The zero-order chi connectivity index (χ0) is 22.4. The molecule has 0 spiro atoms. The Morgan fingerprint density at radius 3 is 1.97 bits per heavy atom. The Hall–Kier alpha value is -3.19. The van der Waals surface area contributed by atoms with Crippen LogP contribution in [0.15, 0.2) is 42.5 Å². The second kappa shape index (κ2) is 10.2. The van der Waals surface area contributed by atoms with Gasteiger partial charge in [-0.2, -0.15) is 0 Å². The molecule has 0 aromatic heterocycles. The summed E-state index contributed by atoms with van der Waals surface area (Å²) in [5.74, 6) is -0.772. The number of benzene rings is 2. The van der Waals surface area contributed by atoms with Crippen LogP contribution in [0.5, 0.6) is 0 Å². The molecule has 0 aliphatic carbocycles. The number of hydrogen-bond acceptors (Lipinski definition) is 6. The number of amides is 1. The molecule has 0 atom stereocenters. The molecular formula is C24H28N2O5. The number of carbonyl (C=O) groups is 3. The second-order valence-electron chi connectivity index (χ2n) is 7.89. The molecule has 2 aromatic rings. The molecule has 1 N–H and O–H groups in total. The van der Waals surface area contributed by atoms with Crippen molar-refractivity contribution < 1.29 is 23.9 Å². The summed E-state index contributed by atoms with van der Waals surface area (Å²) in [6, 6.07) is 11.8. The predicted octanol–water partition coefficient (Wildman–Crippen LogP) is 3.74. The molecule has 1 amide bonds. The normalized spacial score (nSPS) is 14.7. The van der Waals surface area contributed by atoms with Gasteiger partial charge in [0, 0.05) is 17.8 Å². The van der Waals surface area contributed by atoms with Gasteiger partial charge in [-0.3, -0.25) is 9.69 Å². The van der Waals surface area contributed by atoms with Crippen LogP contribution in [0.2, 0.25) is 0 Å². The minimum absolute atomic E-state index is 0.145. The summed E-state index contributed by atoms with van der Waals surface area (Å²) in [4.78, 5) is 39.0. The van der Waals surface area contributed by atoms with E-state index in [1.54, 1.807) is 12.1 Å². The first kappa shape index (κ1) is 22.5. The number of esters is 2. The van der Waals surface area contributed by atoms with Crippen LogP contribution < -0.4 is 5.32 Å². The average Bonchev–Trinajstić information content (AvgIpc) is 2.79. The van der Waals surface area contributed by atoms with E-state index in [0.29, 0.717) is 11.3 Å². The summed E-state index contributed by atoms with van der Waals surface area (Å²) in [6.07, 6.45) is 2.44. The molecule has 2 aromatic carbocycles. The van der Waals surface area contributed by atoms with E-state index in [4.69, 9.17) is 9.47 Å². The number of rotatable bonds is 6. The van der Waals surface area contributed by atoms with Gasteiger partial charge in [-0.1, -0.05) is 19.1 Å². The maximum absolute atomic E-state index is 12.7. The Morgan fingerprint density at radius 1 is 0.903 bits per heavy atom. The molecule has 164 valence electrons. The van der Waals surface area contributed by atoms with Crippen molar-refractivity contribution in [1.82, 2.24) is 4.90 Å². The van der Waals surface area contributed by atoms with Crippen LogP contribution in [0.1, 0.15) is 56.4 Å². The Morgan fingerprint density at radius 2 is 1.45 bits per heavy atom. The fraction of sp³-hybridized carbons (Fsp3) is 0.375. The minimum atomic E-state index is -0.613. The van der Waals surface area contributed by atoms with Gasteiger partial charge < -0.3 is 14.8 Å². The smallest absolute Gasteiger partial charge is 0.337 e. The van der Waals surface area contributed by atoms with Gasteiger partial charge in [0.15, 0.2) is 0 Å². The zero-order valence-electron chi connectivity index (χ0n) is 18.1. The van der Waals surface area contributed by atoms with Gasteiger partial charge in [-0.05, 0) is 67.7 Å². The molecule has 0 unspecified atom stereocenters. The molecule has 7 nitrogen and oxygen atoms in total. The lowest BCUT2D eigenvalue weighted by Crippen LogP contribution is -2.32. The molecule has 1 aliphatic rings. The number of nitrogens with zero attached hydrogens (tertiary/aromatic N) is 1. The zero-order valence-corrected chi connectivity index (χ0v) is 18.1. The molecule has 0 bridgehead atoms. The molecule has 31 heavy (non-hydrogen) atoms. The Labute approximate surface area is 182 Å². The van der Waals surface area contributed by atoms with E-state index < -0.39 is 11.9 Å². The Bertz CT molecular complexity index is 913. The SMILES string of the molecule is COC(=O)c1cc(NC(=O)c2ccc(CN3CCC(C)CC3)cc2)cc(C(=O)OC)c1. The summed E-state index contributed by atoms with van der Waals surface area (Å²) >= 11 is 0. The highest BCUT2D eigenvalue weighted by atomic mass is 16.5. The van der Waals surface area contributed by atoms with E-state index in [-0.39, 0.29) is 17.0 Å². The summed E-state index contributed by atoms with van der Waals surface area (Å²) in [5.41, 5.74) is 2.24. The third-order valence-electron chi connectivity index (χ3n) is 5.53. The molecule has 1 aliphatic heterocycles. The molecule has 7 heteroatoms. The van der Waals surface area contributed by atoms with Gasteiger partial charge >= 0.3 is 11.9 Å². The first-order chi connectivity index (χ1) is 14.9. The highest BCUT2D eigenvalue weighted by molar-refractivity contribution is 6.06. The van der Waals surface area contributed by atoms with Crippen molar-refractivity contribution in [2.24, 2.45) is 5.92 Å². The maximum atomic E-state index is 12.7. The summed E-state index contributed by atoms with van der Waals surface area (Å²) in [5, 5.41) is 2.74. The summed E-state index contributed by atoms with van der Waals surface area (Å²) in [7, 11) is 2.49. The number of anilines is 1. The maximum Gasteiger partial charge on any atom is 0.337 e. The van der Waals surface area contributed by atoms with E-state index in [1.165, 1.54) is 45.3 Å². The van der Waals surface area contributed by atoms with E-state index >= 15 is 0 Å². The lowest BCUT2D eigenvalue weighted by atomic mass is 9.99. The second-order valence-corrected chi connectivity index (χ2v) is 7.89. The lowest BCUT2D eigenvalue weighted by Gasteiger charge is -2.30. The number of carbonyl (C=O) groups excluding carboxylic acids is 3. The van der Waals surface area contributed by atoms with Crippen LogP contribution in [0.3, 0.4) is 0 Å². The van der Waals surface area contributed by atoms with Gasteiger partial charge in [0.05, 0.1) is 25.3 Å². The van der Waals surface area contributed by atoms with Crippen LogP contribution in [-0.4, -0.2) is 50.1 Å². The number of methoxy groups -OCH3 is 2. The van der Waals surface area contributed by atoms with Crippen molar-refractivity contribution in [3.63, 3.8) is 0 Å². The molecule has 1 fully saturated rings. The molecule has 3 rings (SSSR count). The van der Waals surface area contributed by atoms with E-state index in [1.807, 2.05) is 12.1 Å². The molecule has 1 saturated heterocycles. The predicted molar refractivity (Wildman–Crippen MR) is 117 cm³/mol. The van der Waals surface area contributed by atoms with Crippen LogP contribution in [-0.2, 0) is 16.0 Å². The van der Waals surface area contributed by atoms with Crippen molar-refractivity contribution in [2.45, 2.75) is 26.3 Å². The van der Waals surface area contributed by atoms with Crippen molar-refractivity contribution in [1.29, 1.82) is 0 Å². The van der Waals surface area contributed by atoms with Crippen LogP contribution >= 0.6 is 0 Å². The third kappa shape index (κ3) is 5.92. The van der Waals surface area contributed by atoms with Crippen molar-refractivity contribution in [3.8, 4) is 0 Å². The standard InChI is InChI=1S/C24H28N2O5/c1-16-8-10-26(11-9-16)15-17-4-6-18(7-5-17)22(27)25-21-13-19(23(28)30-2)12-20(14-21)24(29)31-3/h4-7,12-14,16H,8-11,15H2,1-3H3,(H,25,27). The van der Waals surface area contributed by atoms with E-state index in [2.05, 4.69) is 17.1 Å². The Kier molecular flexibility index (Phi) is 7.41. The number of piperidine rings is 1. The van der Waals surface area contributed by atoms with Crippen molar-refractivity contribution >= 4 is 23.5 Å².